The van der Waals surface area contributed by atoms with Gasteiger partial charge in [0.1, 0.15) is 12.1 Å². The predicted molar refractivity (Wildman–Crippen MR) is 91.7 cm³/mol. The molecule has 0 amide bonds. The fraction of sp³-hybridized carbons (Fsp3) is 0.375. The summed E-state index contributed by atoms with van der Waals surface area (Å²) in [6.45, 7) is 5.96. The average Bonchev–Trinajstić information content (AvgIpc) is 3.07. The molecule has 0 spiro atoms. The van der Waals surface area contributed by atoms with Crippen LogP contribution in [0.3, 0.4) is 0 Å². The van der Waals surface area contributed by atoms with Crippen molar-refractivity contribution in [3.63, 3.8) is 0 Å². The van der Waals surface area contributed by atoms with E-state index in [9.17, 15) is 0 Å². The molecule has 1 atom stereocenters. The molecule has 1 unspecified atom stereocenters. The second-order valence-corrected chi connectivity index (χ2v) is 5.09. The van der Waals surface area contributed by atoms with Crippen molar-refractivity contribution in [1.82, 2.24) is 19.7 Å². The smallest absolute Gasteiger partial charge is 0.137 e. The molecule has 0 bridgehead atoms. The zero-order valence-electron chi connectivity index (χ0n) is 13.5. The minimum absolute atomic E-state index is 0.250. The lowest BCUT2D eigenvalue weighted by atomic mass is 10.1. The number of anilines is 1. The second-order valence-electron chi connectivity index (χ2n) is 5.09. The Morgan fingerprint density at radius 2 is 2.30 bits per heavy atom. The topological polar surface area (TPSA) is 88.2 Å². The van der Waals surface area contributed by atoms with Crippen LogP contribution < -0.4 is 5.32 Å². The van der Waals surface area contributed by atoms with E-state index in [1.165, 1.54) is 12.5 Å². The number of nitrogens with one attached hydrogen (secondary N) is 1. The van der Waals surface area contributed by atoms with Gasteiger partial charge in [-0.1, -0.05) is 19.6 Å². The maximum atomic E-state index is 8.50. The highest BCUT2D eigenvalue weighted by atomic mass is 16.4. The van der Waals surface area contributed by atoms with Gasteiger partial charge in [-0.2, -0.15) is 5.10 Å². The van der Waals surface area contributed by atoms with Crippen LogP contribution in [0.1, 0.15) is 37.8 Å². The van der Waals surface area contributed by atoms with Crippen LogP contribution in [0.4, 0.5) is 5.82 Å². The maximum absolute atomic E-state index is 8.50. The molecule has 0 radical (unpaired) electrons. The maximum Gasteiger partial charge on any atom is 0.137 e. The van der Waals surface area contributed by atoms with Gasteiger partial charge in [-0.05, 0) is 19.3 Å². The first-order chi connectivity index (χ1) is 11.2. The predicted octanol–water partition coefficient (Wildman–Crippen LogP) is 3.22. The number of rotatable bonds is 8. The minimum atomic E-state index is 0.250. The van der Waals surface area contributed by atoms with Crippen LogP contribution in [0.2, 0.25) is 0 Å². The van der Waals surface area contributed by atoms with Gasteiger partial charge >= 0.3 is 0 Å². The summed E-state index contributed by atoms with van der Waals surface area (Å²) in [6, 6.07) is 0.250. The summed E-state index contributed by atoms with van der Waals surface area (Å²) >= 11 is 0. The molecule has 0 saturated heterocycles. The SMILES string of the molecule is C=Cc1c(NC)ncnc1-c1cnn(C(CC)CC/C=N/O)c1. The van der Waals surface area contributed by atoms with Crippen molar-refractivity contribution in [3.8, 4) is 11.3 Å². The number of aromatic nitrogens is 4. The zero-order valence-corrected chi connectivity index (χ0v) is 13.5. The summed E-state index contributed by atoms with van der Waals surface area (Å²) in [5, 5.41) is 19.1. The van der Waals surface area contributed by atoms with Crippen LogP contribution in [0.25, 0.3) is 17.3 Å². The van der Waals surface area contributed by atoms with Crippen molar-refractivity contribution >= 4 is 18.1 Å². The van der Waals surface area contributed by atoms with Gasteiger partial charge in [-0.3, -0.25) is 4.68 Å². The summed E-state index contributed by atoms with van der Waals surface area (Å²) < 4.78 is 1.94. The van der Waals surface area contributed by atoms with Crippen LogP contribution in [0.15, 0.2) is 30.5 Å². The van der Waals surface area contributed by atoms with Gasteiger partial charge in [0, 0.05) is 30.6 Å². The fourth-order valence-corrected chi connectivity index (χ4v) is 2.53. The van der Waals surface area contributed by atoms with Gasteiger partial charge in [0.25, 0.3) is 0 Å². The Kier molecular flexibility index (Phi) is 5.85. The second kappa shape index (κ2) is 8.07. The van der Waals surface area contributed by atoms with E-state index in [0.717, 1.165) is 35.5 Å². The van der Waals surface area contributed by atoms with Crippen molar-refractivity contribution in [2.75, 3.05) is 12.4 Å². The molecule has 0 aliphatic rings. The quantitative estimate of drug-likeness (QED) is 0.444. The van der Waals surface area contributed by atoms with Gasteiger partial charge in [0.05, 0.1) is 17.9 Å². The number of nitrogens with zero attached hydrogens (tertiary/aromatic N) is 5. The molecular weight excluding hydrogens is 292 g/mol. The monoisotopic (exact) mass is 314 g/mol. The normalized spacial score (nSPS) is 12.4. The summed E-state index contributed by atoms with van der Waals surface area (Å²) in [4.78, 5) is 8.58. The van der Waals surface area contributed by atoms with E-state index >= 15 is 0 Å². The molecule has 0 aliphatic carbocycles. The Bertz CT molecular complexity index is 679. The molecule has 0 saturated carbocycles. The third-order valence-corrected chi connectivity index (χ3v) is 3.76. The van der Waals surface area contributed by atoms with Crippen LogP contribution in [-0.4, -0.2) is 38.2 Å². The van der Waals surface area contributed by atoms with Crippen LogP contribution >= 0.6 is 0 Å². The van der Waals surface area contributed by atoms with Crippen molar-refractivity contribution < 1.29 is 5.21 Å². The third-order valence-electron chi connectivity index (χ3n) is 3.76. The Morgan fingerprint density at radius 1 is 1.48 bits per heavy atom. The summed E-state index contributed by atoms with van der Waals surface area (Å²) in [7, 11) is 1.82. The van der Waals surface area contributed by atoms with Gasteiger partial charge in [-0.15, -0.1) is 5.16 Å². The first-order valence-electron chi connectivity index (χ1n) is 7.60. The van der Waals surface area contributed by atoms with Gasteiger partial charge in [0.2, 0.25) is 0 Å². The summed E-state index contributed by atoms with van der Waals surface area (Å²) in [6.07, 6.45) is 11.1. The molecule has 2 rings (SSSR count). The van der Waals surface area contributed by atoms with E-state index in [0.29, 0.717) is 6.42 Å². The molecule has 0 aliphatic heterocycles. The molecule has 23 heavy (non-hydrogen) atoms. The molecule has 0 fully saturated rings. The zero-order chi connectivity index (χ0) is 16.7. The molecule has 7 heteroatoms. The van der Waals surface area contributed by atoms with Gasteiger partial charge in [-0.25, -0.2) is 9.97 Å². The van der Waals surface area contributed by atoms with E-state index < -0.39 is 0 Å². The highest BCUT2D eigenvalue weighted by Gasteiger charge is 2.14. The molecule has 2 N–H and O–H groups in total. The Labute approximate surface area is 135 Å². The molecule has 2 heterocycles. The average molecular weight is 314 g/mol. The Hall–Kier alpha value is -2.70. The van der Waals surface area contributed by atoms with E-state index in [-0.39, 0.29) is 6.04 Å². The lowest BCUT2D eigenvalue weighted by Crippen LogP contribution is -2.08. The third kappa shape index (κ3) is 3.74. The Morgan fingerprint density at radius 3 is 2.96 bits per heavy atom. The Balaban J connectivity index is 2.30. The largest absolute Gasteiger partial charge is 0.411 e. The van der Waals surface area contributed by atoms with Gasteiger partial charge < -0.3 is 10.5 Å². The van der Waals surface area contributed by atoms with E-state index in [1.807, 2.05) is 17.9 Å². The van der Waals surface area contributed by atoms with Gasteiger partial charge in [0.15, 0.2) is 0 Å². The van der Waals surface area contributed by atoms with E-state index in [4.69, 9.17) is 5.21 Å². The van der Waals surface area contributed by atoms with Crippen molar-refractivity contribution in [2.45, 2.75) is 32.2 Å². The number of hydrogen-bond acceptors (Lipinski definition) is 6. The fourth-order valence-electron chi connectivity index (χ4n) is 2.53. The highest BCUT2D eigenvalue weighted by Crippen LogP contribution is 2.27. The van der Waals surface area contributed by atoms with Crippen molar-refractivity contribution in [2.24, 2.45) is 5.16 Å². The molecular formula is C16H22N6O. The molecule has 7 nitrogen and oxygen atoms in total. The first-order valence-corrected chi connectivity index (χ1v) is 7.60. The minimum Gasteiger partial charge on any atom is -0.411 e. The summed E-state index contributed by atoms with van der Waals surface area (Å²) in [5.41, 5.74) is 2.58. The molecule has 0 aromatic carbocycles. The van der Waals surface area contributed by atoms with Crippen LogP contribution in [0, 0.1) is 0 Å². The van der Waals surface area contributed by atoms with Crippen LogP contribution in [-0.2, 0) is 0 Å². The first kappa shape index (κ1) is 16.7. The van der Waals surface area contributed by atoms with E-state index in [2.05, 4.69) is 39.0 Å². The summed E-state index contributed by atoms with van der Waals surface area (Å²) in [5.74, 6) is 0.740. The van der Waals surface area contributed by atoms with Crippen LogP contribution in [0.5, 0.6) is 0 Å². The molecule has 122 valence electrons. The lowest BCUT2D eigenvalue weighted by molar-refractivity contribution is 0.319. The van der Waals surface area contributed by atoms with Crippen molar-refractivity contribution in [3.05, 3.63) is 30.9 Å². The molecule has 2 aromatic heterocycles. The standard InChI is InChI=1S/C16H22N6O/c1-4-13(7-6-8-21-23)22-10-12(9-20-22)15-14(5-2)16(17-3)19-11-18-15/h5,8-11,13,23H,2,4,6-7H2,1,3H3,(H,17,18,19)/b21-8+. The molecule has 2 aromatic rings. The van der Waals surface area contributed by atoms with Crippen molar-refractivity contribution in [1.29, 1.82) is 0 Å². The number of oxime groups is 1. The highest BCUT2D eigenvalue weighted by molar-refractivity contribution is 5.77. The lowest BCUT2D eigenvalue weighted by Gasteiger charge is -2.14. The van der Waals surface area contributed by atoms with E-state index in [1.54, 1.807) is 12.3 Å². The number of hydrogen-bond donors (Lipinski definition) is 2.